The van der Waals surface area contributed by atoms with Crippen LogP contribution in [0.15, 0.2) is 18.7 Å². The Labute approximate surface area is 115 Å². The normalized spacial score (nSPS) is 12.7. The van der Waals surface area contributed by atoms with Gasteiger partial charge in [-0.2, -0.15) is 13.2 Å². The maximum Gasteiger partial charge on any atom is 0.512 e. The van der Waals surface area contributed by atoms with Crippen LogP contribution >= 0.6 is 0 Å². The van der Waals surface area contributed by atoms with E-state index in [9.17, 15) is 30.0 Å². The highest BCUT2D eigenvalue weighted by Crippen LogP contribution is 2.21. The quantitative estimate of drug-likeness (QED) is 0.768. The molecule has 1 heterocycles. The lowest BCUT2D eigenvalue weighted by molar-refractivity contribution is -0.671. The predicted octanol–water partition coefficient (Wildman–Crippen LogP) is -0.282. The van der Waals surface area contributed by atoms with Crippen LogP contribution in [0.2, 0.25) is 0 Å². The van der Waals surface area contributed by atoms with E-state index in [0.29, 0.717) is 10.4 Å². The first-order valence-electron chi connectivity index (χ1n) is 5.09. The van der Waals surface area contributed by atoms with Crippen LogP contribution in [-0.4, -0.2) is 33.2 Å². The largest absolute Gasteiger partial charge is 0.512 e. The molecule has 0 aliphatic rings. The second kappa shape index (κ2) is 6.54. The molecule has 0 aliphatic heterocycles. The molecule has 0 bridgehead atoms. The zero-order valence-electron chi connectivity index (χ0n) is 10.9. The molecule has 0 aliphatic carbocycles. The van der Waals surface area contributed by atoms with Crippen LogP contribution in [0.5, 0.6) is 0 Å². The molecule has 7 nitrogen and oxygen atoms in total. The maximum absolute atomic E-state index is 11.4. The van der Waals surface area contributed by atoms with Crippen molar-refractivity contribution in [3.05, 3.63) is 18.7 Å². The number of hydrogen-bond acceptors (Lipinski definition) is 4. The smallest absolute Gasteiger partial charge is 0.240 e. The van der Waals surface area contributed by atoms with Gasteiger partial charge in [0.25, 0.3) is 0 Å². The van der Waals surface area contributed by atoms with Gasteiger partial charge in [-0.1, -0.05) is 0 Å². The van der Waals surface area contributed by atoms with E-state index in [2.05, 4.69) is 24.0 Å². The minimum atomic E-state index is -5.79. The van der Waals surface area contributed by atoms with E-state index in [-0.39, 0.29) is 0 Å². The Morgan fingerprint density at radius 1 is 1.25 bits per heavy atom. The molecule has 0 atom stereocenters. The molecule has 0 spiro atoms. The van der Waals surface area contributed by atoms with Gasteiger partial charge in [0.15, 0.2) is 0 Å². The minimum Gasteiger partial charge on any atom is -0.240 e. The molecular weight excluding hydrogens is 323 g/mol. The average molecular weight is 338 g/mol. The van der Waals surface area contributed by atoms with Crippen molar-refractivity contribution in [3.8, 4) is 0 Å². The standard InChI is InChI=1S/C6H11N2.C2H4F3NO4S2/c1-3-8-5-4-7(2)6-8;1-11(7,8)6-12(9,10)2(3,4)5/h4-6H,3H2,1-2H3;6H,1H3/q+1;. The third kappa shape index (κ3) is 6.86. The molecular formula is C8H15F3N3O4S2+. The SMILES string of the molecule is CCn1cc[n+](C)c1.CS(=O)(=O)NS(=O)(=O)C(F)(F)F. The van der Waals surface area contributed by atoms with E-state index in [1.54, 1.807) is 0 Å². The molecule has 12 heteroatoms. The van der Waals surface area contributed by atoms with Crippen molar-refractivity contribution < 1.29 is 34.6 Å². The number of nitrogens with one attached hydrogen (secondary N) is 1. The lowest BCUT2D eigenvalue weighted by Crippen LogP contribution is -2.39. The first-order valence-corrected chi connectivity index (χ1v) is 8.47. The van der Waals surface area contributed by atoms with Crippen LogP contribution in [0.4, 0.5) is 13.2 Å². The molecule has 0 aromatic carbocycles. The van der Waals surface area contributed by atoms with E-state index in [4.69, 9.17) is 0 Å². The van der Waals surface area contributed by atoms with E-state index in [1.165, 1.54) is 0 Å². The molecule has 1 aromatic heterocycles. The summed E-state index contributed by atoms with van der Waals surface area (Å²) in [4.78, 5) is 0. The average Bonchev–Trinajstić information content (AvgIpc) is 2.59. The van der Waals surface area contributed by atoms with Crippen molar-refractivity contribution in [2.24, 2.45) is 7.05 Å². The summed E-state index contributed by atoms with van der Waals surface area (Å²) in [6.45, 7) is 3.18. The van der Waals surface area contributed by atoms with Gasteiger partial charge < -0.3 is 0 Å². The Hall–Kier alpha value is -1.14. The van der Waals surface area contributed by atoms with Crippen LogP contribution in [-0.2, 0) is 33.6 Å². The van der Waals surface area contributed by atoms with Crippen LogP contribution < -0.4 is 8.69 Å². The van der Waals surface area contributed by atoms with Gasteiger partial charge in [-0.25, -0.2) is 26.0 Å². The minimum absolute atomic E-state index is 0.302. The van der Waals surface area contributed by atoms with Crippen molar-refractivity contribution in [2.45, 2.75) is 19.0 Å². The molecule has 20 heavy (non-hydrogen) atoms. The second-order valence-electron chi connectivity index (χ2n) is 3.71. The van der Waals surface area contributed by atoms with Crippen molar-refractivity contribution in [1.29, 1.82) is 0 Å². The summed E-state index contributed by atoms with van der Waals surface area (Å²) in [5.41, 5.74) is -5.62. The van der Waals surface area contributed by atoms with Gasteiger partial charge in [0.2, 0.25) is 16.4 Å². The molecule has 118 valence electrons. The molecule has 0 radical (unpaired) electrons. The Morgan fingerprint density at radius 3 is 1.90 bits per heavy atom. The molecule has 0 unspecified atom stereocenters. The summed E-state index contributed by atoms with van der Waals surface area (Å²) >= 11 is 0. The Morgan fingerprint density at radius 2 is 1.75 bits per heavy atom. The third-order valence-corrected chi connectivity index (χ3v) is 4.45. The predicted molar refractivity (Wildman–Crippen MR) is 64.2 cm³/mol. The number of hydrogen-bond donors (Lipinski definition) is 1. The Balaban J connectivity index is 0.000000388. The molecule has 1 aromatic rings. The summed E-state index contributed by atoms with van der Waals surface area (Å²) in [5, 5.41) is 0. The first-order chi connectivity index (χ1) is 8.78. The third-order valence-electron chi connectivity index (χ3n) is 1.75. The van der Waals surface area contributed by atoms with Gasteiger partial charge in [0.05, 0.1) is 19.8 Å². The summed E-state index contributed by atoms with van der Waals surface area (Å²) in [5.74, 6) is 0. The lowest BCUT2D eigenvalue weighted by atomic mass is 10.7. The summed E-state index contributed by atoms with van der Waals surface area (Å²) < 4.78 is 79.3. The lowest BCUT2D eigenvalue weighted by Gasteiger charge is -2.06. The van der Waals surface area contributed by atoms with E-state index in [1.807, 2.05) is 17.8 Å². The fraction of sp³-hybridized carbons (Fsp3) is 0.625. The van der Waals surface area contributed by atoms with Gasteiger partial charge in [0.1, 0.15) is 12.4 Å². The summed E-state index contributed by atoms with van der Waals surface area (Å²) in [6, 6.07) is 0. The van der Waals surface area contributed by atoms with Gasteiger partial charge in [-0.15, -0.1) is 4.13 Å². The number of sulfonamides is 2. The fourth-order valence-corrected chi connectivity index (χ4v) is 2.91. The van der Waals surface area contributed by atoms with Crippen LogP contribution in [0.3, 0.4) is 0 Å². The topological polar surface area (TPSA) is 89.1 Å². The maximum atomic E-state index is 11.4. The number of alkyl halides is 3. The summed E-state index contributed by atoms with van der Waals surface area (Å²) in [6.07, 6.45) is 6.44. The second-order valence-corrected chi connectivity index (χ2v) is 7.39. The van der Waals surface area contributed by atoms with Gasteiger partial charge in [-0.05, 0) is 6.92 Å². The van der Waals surface area contributed by atoms with Gasteiger partial charge in [-0.3, -0.25) is 0 Å². The van der Waals surface area contributed by atoms with Crippen molar-refractivity contribution in [2.75, 3.05) is 6.26 Å². The summed E-state index contributed by atoms with van der Waals surface area (Å²) in [7, 11) is -8.20. The first kappa shape index (κ1) is 18.9. The number of nitrogens with zero attached hydrogens (tertiary/aromatic N) is 2. The highest BCUT2D eigenvalue weighted by Gasteiger charge is 2.47. The Kier molecular flexibility index (Phi) is 6.17. The number of halogens is 3. The highest BCUT2D eigenvalue weighted by molar-refractivity contribution is 8.04. The number of rotatable bonds is 3. The number of aromatic nitrogens is 2. The Bertz CT molecular complexity index is 634. The van der Waals surface area contributed by atoms with Gasteiger partial charge >= 0.3 is 15.5 Å². The van der Waals surface area contributed by atoms with E-state index < -0.39 is 25.6 Å². The number of imidazole rings is 1. The van der Waals surface area contributed by atoms with Crippen molar-refractivity contribution in [3.63, 3.8) is 0 Å². The molecule has 0 fully saturated rings. The van der Waals surface area contributed by atoms with Crippen LogP contribution in [0.25, 0.3) is 0 Å². The highest BCUT2D eigenvalue weighted by atomic mass is 32.3. The van der Waals surface area contributed by atoms with E-state index >= 15 is 0 Å². The zero-order chi connectivity index (χ0) is 16.2. The molecule has 0 amide bonds. The molecule has 1 N–H and O–H groups in total. The van der Waals surface area contributed by atoms with Crippen LogP contribution in [0.1, 0.15) is 6.92 Å². The molecule has 0 saturated carbocycles. The zero-order valence-corrected chi connectivity index (χ0v) is 12.5. The monoisotopic (exact) mass is 338 g/mol. The van der Waals surface area contributed by atoms with Crippen molar-refractivity contribution in [1.82, 2.24) is 8.69 Å². The van der Waals surface area contributed by atoms with Gasteiger partial charge in [0, 0.05) is 0 Å². The molecule has 0 saturated heterocycles. The molecule has 1 rings (SSSR count). The fourth-order valence-electron chi connectivity index (χ4n) is 0.935. The van der Waals surface area contributed by atoms with E-state index in [0.717, 1.165) is 6.54 Å². The number of aryl methyl sites for hydroxylation is 2. The van der Waals surface area contributed by atoms with Crippen molar-refractivity contribution >= 4 is 20.0 Å². The van der Waals surface area contributed by atoms with Crippen LogP contribution in [0, 0.1) is 0 Å².